The lowest BCUT2D eigenvalue weighted by Gasteiger charge is -2.47. The second kappa shape index (κ2) is 31.5. The number of Topliss-reactive ketones (excluding diaryl/α,β-unsaturated/α-hetero) is 1. The van der Waals surface area contributed by atoms with Gasteiger partial charge in [0.2, 0.25) is 47.5 Å². The Bertz CT molecular complexity index is 4080. The molecule has 3 unspecified atom stereocenters. The molecule has 550 valence electrons. The number of carboxylic acids is 1. The number of benzene rings is 5. The second-order valence-corrected chi connectivity index (χ2v) is 26.8. The quantitative estimate of drug-likeness (QED) is 0.0618. The van der Waals surface area contributed by atoms with E-state index < -0.39 is 238 Å². The van der Waals surface area contributed by atoms with Gasteiger partial charge in [0, 0.05) is 41.1 Å². The van der Waals surface area contributed by atoms with Gasteiger partial charge < -0.3 is 135 Å². The van der Waals surface area contributed by atoms with Gasteiger partial charge in [-0.1, -0.05) is 55.2 Å². The fourth-order valence-electron chi connectivity index (χ4n) is 12.8. The van der Waals surface area contributed by atoms with Crippen LogP contribution in [0, 0.1) is 11.8 Å². The summed E-state index contributed by atoms with van der Waals surface area (Å²) in [7, 11) is 1.48. The first kappa shape index (κ1) is 77.4. The minimum atomic E-state index is -2.32. The maximum Gasteiger partial charge on any atom is 0.330 e. The topological polar surface area (TPSA) is 518 Å². The number of carboxylic acid groups (broad SMARTS) is 1. The van der Waals surface area contributed by atoms with Crippen molar-refractivity contribution < 1.29 is 130 Å². The molecule has 2 fully saturated rings. The highest BCUT2D eigenvalue weighted by molar-refractivity contribution is 6.32. The lowest BCUT2D eigenvalue weighted by Crippen LogP contribution is -3.00. The Morgan fingerprint density at radius 2 is 1.35 bits per heavy atom. The van der Waals surface area contributed by atoms with Crippen LogP contribution in [0.4, 0.5) is 0 Å². The molecular formula is C67H76Cl3N8O24-. The number of hydrogen-bond donors (Lipinski definition) is 18. The standard InChI is InChI=1S/C67H76Cl2N8O24.ClH/c1-24(2)12-36(72-5)61(90)77-52-54(85)28-8-11-42(35(69)15-28)98-44-17-29-16-43(57(44)101-66-58(56(87)55(86)45(23-78)99-66)100-47-22-67(4,71)59(88)25(3)96-47)97-41-10-7-27(14-34(41)68)53(84)33-20-40(82)49(74-63(92)50(29)75-62(91)37(21-46(70)83)73-64(52)93)26-6-9-38(80)31(13-26)48-32(18-30(79)19-39(48)81)51(65(94)95)76-60(33)89;/h6-11,13-19,24-25,33,36-37,45,47,49-56,58-59,66,72,78-81,84-88H,12,20-23,71H2,1-5H3,(H2,70,83)(H,73,93)(H,74,92)(H,75,91)(H,76,89)(H,77,90)(H,94,95);1H/p-1/t25-,33-,36+,37-,45?,47-,49?,50+,51+,52?,53+,54+,55+,56-,58+,59+,66-,67-;/m0./s1. The number of nitrogens with one attached hydrogen (secondary N) is 6. The van der Waals surface area contributed by atoms with Gasteiger partial charge in [-0.05, 0) is 110 Å². The van der Waals surface area contributed by atoms with E-state index in [4.69, 9.17) is 63.1 Å². The summed E-state index contributed by atoms with van der Waals surface area (Å²) in [6.07, 6.45) is -19.5. The molecule has 5 aromatic rings. The number of carbonyl (C=O) groups is 8. The second-order valence-electron chi connectivity index (χ2n) is 26.0. The minimum absolute atomic E-state index is 0. The van der Waals surface area contributed by atoms with Crippen LogP contribution in [0.5, 0.6) is 46.0 Å². The molecule has 5 aromatic carbocycles. The van der Waals surface area contributed by atoms with E-state index >= 15 is 14.4 Å². The maximum atomic E-state index is 16.0. The van der Waals surface area contributed by atoms with Gasteiger partial charge in [-0.3, -0.25) is 33.6 Å². The molecule has 0 radical (unpaired) electrons. The molecule has 102 heavy (non-hydrogen) atoms. The zero-order valence-electron chi connectivity index (χ0n) is 54.9. The van der Waals surface area contributed by atoms with Gasteiger partial charge in [0.05, 0.1) is 53.3 Å². The van der Waals surface area contributed by atoms with Gasteiger partial charge in [-0.25, -0.2) is 4.79 Å². The monoisotopic (exact) mass is 1480 g/mol. The predicted octanol–water partition coefficient (Wildman–Crippen LogP) is -1.80. The smallest absolute Gasteiger partial charge is 0.330 e. The van der Waals surface area contributed by atoms with Crippen LogP contribution in [-0.4, -0.2) is 185 Å². The molecular weight excluding hydrogens is 1410 g/mol. The molecule has 35 heteroatoms. The number of amides is 6. The summed E-state index contributed by atoms with van der Waals surface area (Å²) in [5.41, 5.74) is 8.24. The molecule has 18 atom stereocenters. The van der Waals surface area contributed by atoms with E-state index in [-0.39, 0.29) is 64.4 Å². The van der Waals surface area contributed by atoms with Crippen molar-refractivity contribution in [2.75, 3.05) is 13.7 Å². The van der Waals surface area contributed by atoms with E-state index in [0.717, 1.165) is 60.7 Å². The Morgan fingerprint density at radius 3 is 1.93 bits per heavy atom. The number of phenolic OH excluding ortho intramolecular Hbond substituents is 3. The van der Waals surface area contributed by atoms with Crippen molar-refractivity contribution >= 4 is 70.4 Å². The first-order chi connectivity index (χ1) is 47.7. The van der Waals surface area contributed by atoms with E-state index in [2.05, 4.69) is 31.9 Å². The summed E-state index contributed by atoms with van der Waals surface area (Å²) in [6, 6.07) is 2.12. The number of phenols is 3. The van der Waals surface area contributed by atoms with Crippen molar-refractivity contribution in [3.63, 3.8) is 0 Å². The number of ether oxygens (including phenoxy) is 6. The molecule has 7 heterocycles. The highest BCUT2D eigenvalue weighted by Gasteiger charge is 2.51. The number of aliphatic carboxylic acids is 1. The van der Waals surface area contributed by atoms with E-state index in [1.54, 1.807) is 0 Å². The molecule has 32 nitrogen and oxygen atoms in total. The van der Waals surface area contributed by atoms with Crippen LogP contribution in [0.15, 0.2) is 78.9 Å². The summed E-state index contributed by atoms with van der Waals surface area (Å²) in [5.74, 6) is -17.4. The molecule has 20 N–H and O–H groups in total. The predicted molar refractivity (Wildman–Crippen MR) is 350 cm³/mol. The third kappa shape index (κ3) is 16.4. The number of halogens is 3. The fraction of sp³-hybridized carbons (Fsp3) is 0.433. The van der Waals surface area contributed by atoms with Crippen LogP contribution in [0.3, 0.4) is 0 Å². The van der Waals surface area contributed by atoms with Gasteiger partial charge in [0.25, 0.3) is 0 Å². The third-order valence-corrected chi connectivity index (χ3v) is 18.7. The number of ketones is 1. The lowest BCUT2D eigenvalue weighted by atomic mass is 9.84. The third-order valence-electron chi connectivity index (χ3n) is 18.1. The number of fused-ring (bicyclic) bond motifs is 15. The van der Waals surface area contributed by atoms with Crippen LogP contribution < -0.4 is 70.0 Å². The summed E-state index contributed by atoms with van der Waals surface area (Å²) >= 11 is 14.1. The highest BCUT2D eigenvalue weighted by atomic mass is 35.5. The summed E-state index contributed by atoms with van der Waals surface area (Å²) in [4.78, 5) is 117. The van der Waals surface area contributed by atoms with E-state index in [1.165, 1.54) is 39.1 Å². The average Bonchev–Trinajstić information content (AvgIpc) is 0.773. The molecule has 11 bridgehead atoms. The molecule has 7 aliphatic heterocycles. The van der Waals surface area contributed by atoms with Crippen molar-refractivity contribution in [3.05, 3.63) is 117 Å². The van der Waals surface area contributed by atoms with Crippen LogP contribution >= 0.6 is 23.2 Å². The number of rotatable bonds is 13. The number of aliphatic hydroxyl groups is 6. The van der Waals surface area contributed by atoms with E-state index in [1.807, 2.05) is 13.8 Å². The summed E-state index contributed by atoms with van der Waals surface area (Å²) in [5, 5.41) is 128. The molecule has 7 aliphatic rings. The number of carbonyl (C=O) groups excluding carboxylic acids is 7. The molecule has 12 rings (SSSR count). The van der Waals surface area contributed by atoms with Crippen molar-refractivity contribution in [1.82, 2.24) is 31.9 Å². The number of aromatic hydroxyl groups is 3. The average molecular weight is 1480 g/mol. The van der Waals surface area contributed by atoms with Crippen LogP contribution in [-0.2, 0) is 52.6 Å². The molecule has 0 saturated carbocycles. The maximum absolute atomic E-state index is 16.0. The zero-order valence-corrected chi connectivity index (χ0v) is 57.2. The van der Waals surface area contributed by atoms with Crippen molar-refractivity contribution in [2.45, 2.75) is 157 Å². The van der Waals surface area contributed by atoms with Crippen LogP contribution in [0.2, 0.25) is 10.0 Å². The van der Waals surface area contributed by atoms with Gasteiger partial charge >= 0.3 is 5.97 Å². The Balaban J connectivity index is 0.0000121. The van der Waals surface area contributed by atoms with Crippen LogP contribution in [0.1, 0.15) is 112 Å². The van der Waals surface area contributed by atoms with Crippen molar-refractivity contribution in [3.8, 4) is 57.1 Å². The van der Waals surface area contributed by atoms with E-state index in [0.29, 0.717) is 0 Å². The number of likely N-dealkylation sites (N-methyl/N-ethyl adjacent to an activating group) is 1. The largest absolute Gasteiger partial charge is 1.00 e. The minimum Gasteiger partial charge on any atom is -1.00 e. The van der Waals surface area contributed by atoms with Gasteiger partial charge in [0.1, 0.15) is 77.3 Å². The molecule has 2 saturated heterocycles. The van der Waals surface area contributed by atoms with Gasteiger partial charge in [-0.2, -0.15) is 0 Å². The molecule has 0 aromatic heterocycles. The molecule has 6 amide bonds. The molecule has 0 aliphatic carbocycles. The number of hydrogen-bond acceptors (Lipinski definition) is 25. The Morgan fingerprint density at radius 1 is 0.735 bits per heavy atom. The summed E-state index contributed by atoms with van der Waals surface area (Å²) < 4.78 is 38.3. The Kier molecular flexibility index (Phi) is 23.9. The number of nitrogens with two attached hydrogens (primary N) is 2. The highest BCUT2D eigenvalue weighted by Crippen LogP contribution is 2.50. The SMILES string of the molecule is CN[C@H](CC(C)C)C(=O)NC1C(=O)N[C@@H](CC(N)=O)C(=O)N[C@H]2C(=O)NC3C(=O)C[C@H](C(=O)N[C@@H](C(=O)O)c4cc(O)cc(O)c4-c4cc3ccc4O)[C@H](O)c3ccc(c(Cl)c3)Oc3cc2cc(c3O[C@@H]2OC(CO)[C@@H](O)[C@H](O)[C@H]2O[C@H]2C[C@](C)(N)[C@H](O)[C@H](C)O2)Oc2ccc(cc2Cl)[C@H]1O.[Cl-]. The Hall–Kier alpha value is -8.71. The Labute approximate surface area is 597 Å². The van der Waals surface area contributed by atoms with Crippen molar-refractivity contribution in [2.24, 2.45) is 23.3 Å². The van der Waals surface area contributed by atoms with Crippen molar-refractivity contribution in [1.29, 1.82) is 0 Å². The fourth-order valence-corrected chi connectivity index (χ4v) is 13.2. The summed E-state index contributed by atoms with van der Waals surface area (Å²) in [6.45, 7) is 5.68. The first-order valence-corrected chi connectivity index (χ1v) is 32.6. The van der Waals surface area contributed by atoms with Crippen LogP contribution in [0.25, 0.3) is 11.1 Å². The van der Waals surface area contributed by atoms with E-state index in [9.17, 15) is 75.0 Å². The first-order valence-electron chi connectivity index (χ1n) is 31.8. The number of primary amides is 1. The molecule has 0 spiro atoms. The normalized spacial score (nSPS) is 29.2. The number of aliphatic hydroxyl groups excluding tert-OH is 6. The zero-order chi connectivity index (χ0) is 73.5. The van der Waals surface area contributed by atoms with Gasteiger partial charge in [0.15, 0.2) is 35.7 Å². The van der Waals surface area contributed by atoms with Gasteiger partial charge in [-0.15, -0.1) is 0 Å². The lowest BCUT2D eigenvalue weighted by molar-refractivity contribution is -0.333.